The number of hydrogen-bond acceptors (Lipinski definition) is 2. The molecule has 4 N–H and O–H groups in total. The maximum atomic E-state index is 8.67. The number of phenols is 1. The molecule has 0 unspecified atom stereocenters. The summed E-state index contributed by atoms with van der Waals surface area (Å²) in [4.78, 5) is 0. The van der Waals surface area contributed by atoms with Gasteiger partial charge in [0.2, 0.25) is 0 Å². The summed E-state index contributed by atoms with van der Waals surface area (Å²) < 4.78 is 0. The smallest absolute Gasteiger partial charge is 0.116 e. The van der Waals surface area contributed by atoms with Gasteiger partial charge in [0.25, 0.3) is 0 Å². The van der Waals surface area contributed by atoms with Crippen molar-refractivity contribution in [1.82, 2.24) is 6.15 Å². The van der Waals surface area contributed by atoms with Crippen molar-refractivity contribution < 1.29 is 5.11 Å². The first-order valence-electron chi connectivity index (χ1n) is 2.21. The Hall–Kier alpha value is -1.02. The Morgan fingerprint density at radius 3 is 1.75 bits per heavy atom. The fraction of sp³-hybridized carbons (Fsp3) is 0. The van der Waals surface area contributed by atoms with E-state index in [-0.39, 0.29) is 6.15 Å². The molecule has 0 heterocycles. The lowest BCUT2D eigenvalue weighted by Crippen LogP contribution is -1.42. The van der Waals surface area contributed by atoms with Crippen LogP contribution in [0, 0.1) is 0 Å². The first kappa shape index (κ1) is 5.12. The second kappa shape index (κ2) is 1.23. The van der Waals surface area contributed by atoms with Gasteiger partial charge in [-0.15, -0.1) is 0 Å². The molecule has 0 aromatic rings. The summed E-state index contributed by atoms with van der Waals surface area (Å²) in [6, 6.07) is 5.55. The van der Waals surface area contributed by atoms with E-state index in [2.05, 4.69) is 0 Å². The minimum absolute atomic E-state index is 0. The van der Waals surface area contributed by atoms with Gasteiger partial charge in [-0.3, -0.25) is 0 Å². The topological polar surface area (TPSA) is 55.2 Å². The van der Waals surface area contributed by atoms with Crippen molar-refractivity contribution in [3.63, 3.8) is 0 Å². The lowest BCUT2D eigenvalue weighted by Gasteiger charge is -1.71. The van der Waals surface area contributed by atoms with E-state index in [1.165, 1.54) is 11.1 Å². The molecule has 0 radical (unpaired) electrons. The number of benzene rings is 1. The molecule has 2 nitrogen and oxygen atoms in total. The van der Waals surface area contributed by atoms with Crippen LogP contribution in [0.2, 0.25) is 0 Å². The van der Waals surface area contributed by atoms with E-state index >= 15 is 0 Å². The molecule has 0 saturated heterocycles. The Morgan fingerprint density at radius 1 is 1.00 bits per heavy atom. The number of rotatable bonds is 0. The predicted molar refractivity (Wildman–Crippen MR) is 32.1 cm³/mol. The summed E-state index contributed by atoms with van der Waals surface area (Å²) in [6.07, 6.45) is 0. The van der Waals surface area contributed by atoms with Gasteiger partial charge in [0.1, 0.15) is 5.75 Å². The summed E-state index contributed by atoms with van der Waals surface area (Å²) >= 11 is 0. The second-order valence-corrected chi connectivity index (χ2v) is 1.77. The molecule has 0 spiro atoms. The molecule has 2 heteroatoms. The highest BCUT2D eigenvalue weighted by Gasteiger charge is 2.12. The Kier molecular flexibility index (Phi) is 0.788. The molecule has 0 aliphatic heterocycles. The van der Waals surface area contributed by atoms with Crippen molar-refractivity contribution in [2.24, 2.45) is 0 Å². The average Bonchev–Trinajstić information content (AvgIpc) is 2.15. The molecule has 8 heavy (non-hydrogen) atoms. The third-order valence-electron chi connectivity index (χ3n) is 1.17. The van der Waals surface area contributed by atoms with Crippen LogP contribution in [0.15, 0.2) is 18.2 Å². The zero-order valence-electron chi connectivity index (χ0n) is 4.39. The lowest BCUT2D eigenvalue weighted by molar-refractivity contribution is 0.477. The molecule has 2 aliphatic rings. The Balaban J connectivity index is 0.000000320. The van der Waals surface area contributed by atoms with Gasteiger partial charge in [0, 0.05) is 0 Å². The summed E-state index contributed by atoms with van der Waals surface area (Å²) in [5.74, 6) is 0.396. The molecule has 0 saturated carbocycles. The number of aromatic hydroxyl groups is 1. The van der Waals surface area contributed by atoms with Crippen LogP contribution < -0.4 is 6.15 Å². The number of fused-ring (bicyclic) bond motifs is 1. The zero-order chi connectivity index (χ0) is 4.85. The van der Waals surface area contributed by atoms with Gasteiger partial charge in [-0.05, 0) is 29.3 Å². The van der Waals surface area contributed by atoms with Crippen LogP contribution in [0.4, 0.5) is 0 Å². The van der Waals surface area contributed by atoms with Crippen LogP contribution in [-0.4, -0.2) is 5.11 Å². The quantitative estimate of drug-likeness (QED) is 0.539. The van der Waals surface area contributed by atoms with Gasteiger partial charge in [-0.1, -0.05) is 0 Å². The maximum Gasteiger partial charge on any atom is 0.116 e. The standard InChI is InChI=1S/C6H4O.H3N/c7-6-2-4-1-5(4)3-6;/h1-3,7H;1H3. The van der Waals surface area contributed by atoms with E-state index in [1.54, 1.807) is 12.1 Å². The molecule has 0 atom stereocenters. The maximum absolute atomic E-state index is 8.67. The lowest BCUT2D eigenvalue weighted by atomic mass is 10.5. The molecule has 0 bridgehead atoms. The van der Waals surface area contributed by atoms with Crippen molar-refractivity contribution in [3.8, 4) is 16.9 Å². The molecule has 0 aromatic carbocycles. The molecular weight excluding hydrogens is 102 g/mol. The molecular formula is C6H7NO. The van der Waals surface area contributed by atoms with Crippen molar-refractivity contribution >= 4 is 0 Å². The SMILES string of the molecule is N.Oc1cc2cc-2c1. The first-order valence-corrected chi connectivity index (χ1v) is 2.21. The third kappa shape index (κ3) is 0.468. The van der Waals surface area contributed by atoms with Crippen LogP contribution in [0.25, 0.3) is 11.1 Å². The number of hydrogen-bond donors (Lipinski definition) is 2. The van der Waals surface area contributed by atoms with E-state index in [4.69, 9.17) is 5.11 Å². The van der Waals surface area contributed by atoms with Gasteiger partial charge in [0.15, 0.2) is 0 Å². The molecule has 0 fully saturated rings. The molecule has 42 valence electrons. The highest BCUT2D eigenvalue weighted by atomic mass is 16.3. The fourth-order valence-corrected chi connectivity index (χ4v) is 0.742. The zero-order valence-corrected chi connectivity index (χ0v) is 4.39. The highest BCUT2D eigenvalue weighted by Crippen LogP contribution is 2.38. The van der Waals surface area contributed by atoms with Crippen molar-refractivity contribution in [2.75, 3.05) is 0 Å². The monoisotopic (exact) mass is 109 g/mol. The number of phenolic OH excluding ortho intramolecular Hbond substituents is 1. The van der Waals surface area contributed by atoms with E-state index in [9.17, 15) is 0 Å². The predicted octanol–water partition coefficient (Wildman–Crippen LogP) is 1.53. The fourth-order valence-electron chi connectivity index (χ4n) is 0.742. The van der Waals surface area contributed by atoms with Gasteiger partial charge < -0.3 is 11.3 Å². The molecule has 2 rings (SSSR count). The molecule has 0 aromatic heterocycles. The summed E-state index contributed by atoms with van der Waals surface area (Å²) in [5.41, 5.74) is 2.38. The Labute approximate surface area is 47.4 Å². The van der Waals surface area contributed by atoms with E-state index in [0.717, 1.165) is 0 Å². The minimum Gasteiger partial charge on any atom is -0.508 e. The van der Waals surface area contributed by atoms with Crippen LogP contribution >= 0.6 is 0 Å². The van der Waals surface area contributed by atoms with Crippen molar-refractivity contribution in [1.29, 1.82) is 0 Å². The second-order valence-electron chi connectivity index (χ2n) is 1.77. The summed E-state index contributed by atoms with van der Waals surface area (Å²) in [7, 11) is 0. The van der Waals surface area contributed by atoms with Gasteiger partial charge in [-0.2, -0.15) is 0 Å². The summed E-state index contributed by atoms with van der Waals surface area (Å²) in [6.45, 7) is 0. The van der Waals surface area contributed by atoms with Gasteiger partial charge in [-0.25, -0.2) is 0 Å². The Morgan fingerprint density at radius 2 is 1.50 bits per heavy atom. The van der Waals surface area contributed by atoms with E-state index in [1.807, 2.05) is 6.07 Å². The summed E-state index contributed by atoms with van der Waals surface area (Å²) in [5, 5.41) is 8.67. The van der Waals surface area contributed by atoms with E-state index in [0.29, 0.717) is 5.75 Å². The van der Waals surface area contributed by atoms with Crippen LogP contribution in [0.1, 0.15) is 0 Å². The van der Waals surface area contributed by atoms with Crippen LogP contribution in [0.3, 0.4) is 0 Å². The first-order chi connectivity index (χ1) is 3.36. The van der Waals surface area contributed by atoms with Gasteiger partial charge in [0.05, 0.1) is 0 Å². The minimum atomic E-state index is 0. The largest absolute Gasteiger partial charge is 0.508 e. The van der Waals surface area contributed by atoms with Crippen molar-refractivity contribution in [2.45, 2.75) is 0 Å². The normalized spacial score (nSPS) is 10.0. The van der Waals surface area contributed by atoms with Crippen LogP contribution in [0.5, 0.6) is 5.75 Å². The van der Waals surface area contributed by atoms with E-state index < -0.39 is 0 Å². The molecule has 0 amide bonds. The third-order valence-corrected chi connectivity index (χ3v) is 1.17. The Bertz CT molecular complexity index is 200. The van der Waals surface area contributed by atoms with Crippen LogP contribution in [-0.2, 0) is 0 Å². The average molecular weight is 109 g/mol. The highest BCUT2D eigenvalue weighted by molar-refractivity contribution is 5.83. The van der Waals surface area contributed by atoms with Gasteiger partial charge >= 0.3 is 0 Å². The van der Waals surface area contributed by atoms with Crippen molar-refractivity contribution in [3.05, 3.63) is 18.2 Å². The molecule has 2 aliphatic carbocycles.